The van der Waals surface area contributed by atoms with Crippen molar-refractivity contribution in [3.63, 3.8) is 0 Å². The van der Waals surface area contributed by atoms with Crippen molar-refractivity contribution in [2.45, 2.75) is 13.8 Å². The zero-order chi connectivity index (χ0) is 9.56. The Morgan fingerprint density at radius 1 is 1.42 bits per heavy atom. The molecule has 0 rings (SSSR count). The van der Waals surface area contributed by atoms with Crippen LogP contribution in [0.3, 0.4) is 0 Å². The van der Waals surface area contributed by atoms with Gasteiger partial charge in [-0.2, -0.15) is 0 Å². The van der Waals surface area contributed by atoms with Gasteiger partial charge < -0.3 is 4.90 Å². The number of rotatable bonds is 4. The molecule has 0 aromatic heterocycles. The normalized spacial score (nSPS) is 12.9. The van der Waals surface area contributed by atoms with E-state index in [-0.39, 0.29) is 0 Å². The van der Waals surface area contributed by atoms with Crippen LogP contribution in [0.5, 0.6) is 0 Å². The molecule has 0 radical (unpaired) electrons. The highest BCUT2D eigenvalue weighted by Gasteiger charge is 1.97. The summed E-state index contributed by atoms with van der Waals surface area (Å²) in [6.07, 6.45) is 6.19. The van der Waals surface area contributed by atoms with E-state index in [1.54, 1.807) is 0 Å². The van der Waals surface area contributed by atoms with Crippen LogP contribution in [0.15, 0.2) is 36.0 Å². The second-order valence-corrected chi connectivity index (χ2v) is 3.24. The Bertz CT molecular complexity index is 197. The maximum Gasteiger partial charge on any atom is 0.0230 e. The lowest BCUT2D eigenvalue weighted by Gasteiger charge is -2.12. The van der Waals surface area contributed by atoms with Gasteiger partial charge in [-0.3, -0.25) is 0 Å². The summed E-state index contributed by atoms with van der Waals surface area (Å²) in [6.45, 7) is 8.95. The molecular weight excluding hydrogens is 146 g/mol. The minimum Gasteiger partial charge on any atom is -0.305 e. The number of likely N-dealkylation sites (N-methyl/N-ethyl adjacent to an activating group) is 1. The van der Waals surface area contributed by atoms with E-state index < -0.39 is 0 Å². The van der Waals surface area contributed by atoms with E-state index in [1.165, 1.54) is 5.57 Å². The summed E-state index contributed by atoms with van der Waals surface area (Å²) in [7, 11) is 4.12. The molecule has 0 amide bonds. The summed E-state index contributed by atoms with van der Waals surface area (Å²) in [5.74, 6) is 0. The Hall–Kier alpha value is -0.820. The van der Waals surface area contributed by atoms with E-state index in [0.717, 1.165) is 12.1 Å². The molecule has 0 bridgehead atoms. The van der Waals surface area contributed by atoms with Gasteiger partial charge >= 0.3 is 0 Å². The van der Waals surface area contributed by atoms with E-state index in [9.17, 15) is 0 Å². The monoisotopic (exact) mass is 165 g/mol. The summed E-state index contributed by atoms with van der Waals surface area (Å²) < 4.78 is 0. The molecule has 1 nitrogen and oxygen atoms in total. The average molecular weight is 165 g/mol. The van der Waals surface area contributed by atoms with Gasteiger partial charge in [0.2, 0.25) is 0 Å². The van der Waals surface area contributed by atoms with Crippen LogP contribution < -0.4 is 0 Å². The van der Waals surface area contributed by atoms with Crippen LogP contribution >= 0.6 is 0 Å². The fraction of sp³-hybridized carbons (Fsp3) is 0.455. The van der Waals surface area contributed by atoms with Crippen molar-refractivity contribution in [2.24, 2.45) is 0 Å². The van der Waals surface area contributed by atoms with Gasteiger partial charge in [-0.25, -0.2) is 0 Å². The molecule has 0 heterocycles. The summed E-state index contributed by atoms with van der Waals surface area (Å²) in [4.78, 5) is 2.14. The van der Waals surface area contributed by atoms with Gasteiger partial charge in [0.05, 0.1) is 0 Å². The topological polar surface area (TPSA) is 3.24 Å². The third-order valence-corrected chi connectivity index (χ3v) is 1.52. The molecule has 12 heavy (non-hydrogen) atoms. The van der Waals surface area contributed by atoms with Crippen LogP contribution in [0, 0.1) is 0 Å². The molecular formula is C11H19N. The third-order valence-electron chi connectivity index (χ3n) is 1.52. The van der Waals surface area contributed by atoms with E-state index in [4.69, 9.17) is 0 Å². The summed E-state index contributed by atoms with van der Waals surface area (Å²) >= 11 is 0. The third kappa shape index (κ3) is 4.91. The van der Waals surface area contributed by atoms with Crippen LogP contribution in [0.2, 0.25) is 0 Å². The van der Waals surface area contributed by atoms with Gasteiger partial charge in [0.25, 0.3) is 0 Å². The molecule has 0 saturated heterocycles. The van der Waals surface area contributed by atoms with E-state index >= 15 is 0 Å². The minimum absolute atomic E-state index is 0.958. The van der Waals surface area contributed by atoms with E-state index in [0.29, 0.717) is 0 Å². The quantitative estimate of drug-likeness (QED) is 0.579. The van der Waals surface area contributed by atoms with E-state index in [2.05, 4.69) is 31.7 Å². The molecule has 0 aliphatic carbocycles. The molecule has 0 fully saturated rings. The summed E-state index contributed by atoms with van der Waals surface area (Å²) in [5.41, 5.74) is 2.43. The first-order chi connectivity index (χ1) is 5.57. The highest BCUT2D eigenvalue weighted by Crippen LogP contribution is 2.07. The zero-order valence-corrected chi connectivity index (χ0v) is 8.59. The van der Waals surface area contributed by atoms with Gasteiger partial charge in [-0.15, -0.1) is 0 Å². The first kappa shape index (κ1) is 11.2. The van der Waals surface area contributed by atoms with E-state index in [1.807, 2.05) is 26.0 Å². The summed E-state index contributed by atoms with van der Waals surface area (Å²) in [6, 6.07) is 0. The highest BCUT2D eigenvalue weighted by atomic mass is 15.0. The molecule has 0 aromatic rings. The Morgan fingerprint density at radius 2 is 2.00 bits per heavy atom. The van der Waals surface area contributed by atoms with Crippen LogP contribution in [-0.2, 0) is 0 Å². The first-order valence-electron chi connectivity index (χ1n) is 4.20. The van der Waals surface area contributed by atoms with Crippen molar-refractivity contribution in [2.75, 3.05) is 20.6 Å². The van der Waals surface area contributed by atoms with Crippen molar-refractivity contribution >= 4 is 0 Å². The maximum atomic E-state index is 3.93. The predicted octanol–water partition coefficient (Wildman–Crippen LogP) is 2.63. The smallest absolute Gasteiger partial charge is 0.0230 e. The fourth-order valence-electron chi connectivity index (χ4n) is 0.883. The van der Waals surface area contributed by atoms with Crippen molar-refractivity contribution in [3.8, 4) is 0 Å². The minimum atomic E-state index is 0.958. The molecule has 0 aromatic carbocycles. The number of hydrogen-bond donors (Lipinski definition) is 0. The molecule has 0 aliphatic heterocycles. The first-order valence-corrected chi connectivity index (χ1v) is 4.20. The molecule has 0 atom stereocenters. The second-order valence-electron chi connectivity index (χ2n) is 3.24. The predicted molar refractivity (Wildman–Crippen MR) is 56.3 cm³/mol. The fourth-order valence-corrected chi connectivity index (χ4v) is 0.883. The summed E-state index contributed by atoms with van der Waals surface area (Å²) in [5, 5.41) is 0. The number of nitrogens with zero attached hydrogens (tertiary/aromatic N) is 1. The average Bonchev–Trinajstić information content (AvgIpc) is 1.96. The lowest BCUT2D eigenvalue weighted by molar-refractivity contribution is 0.447. The Labute approximate surface area is 76.1 Å². The molecule has 0 spiro atoms. The van der Waals surface area contributed by atoms with Gasteiger partial charge in [0.15, 0.2) is 0 Å². The largest absolute Gasteiger partial charge is 0.305 e. The molecule has 0 unspecified atom stereocenters. The standard InChI is InChI=1S/C11H19N/c1-6-7-8-11(10(2)3)9-12(4)5/h6-8H,2,9H2,1,3-5H3/b7-6-,11-8-. The van der Waals surface area contributed by atoms with Gasteiger partial charge in [-0.05, 0) is 33.5 Å². The van der Waals surface area contributed by atoms with Crippen molar-refractivity contribution in [1.82, 2.24) is 4.90 Å². The van der Waals surface area contributed by atoms with Crippen molar-refractivity contribution in [1.29, 1.82) is 0 Å². The molecule has 1 heteroatoms. The Balaban J connectivity index is 4.33. The lowest BCUT2D eigenvalue weighted by Crippen LogP contribution is -2.15. The lowest BCUT2D eigenvalue weighted by atomic mass is 10.1. The molecule has 68 valence electrons. The SMILES string of the molecule is C=C(C)/C(=C\C=C/C)CN(C)C. The maximum absolute atomic E-state index is 3.93. The Kier molecular flexibility index (Phi) is 5.39. The van der Waals surface area contributed by atoms with Crippen LogP contribution in [-0.4, -0.2) is 25.5 Å². The van der Waals surface area contributed by atoms with Gasteiger partial charge in [0.1, 0.15) is 0 Å². The van der Waals surface area contributed by atoms with Crippen LogP contribution in [0.25, 0.3) is 0 Å². The number of allylic oxidation sites excluding steroid dienone is 3. The van der Waals surface area contributed by atoms with Gasteiger partial charge in [-0.1, -0.05) is 30.4 Å². The number of hydrogen-bond acceptors (Lipinski definition) is 1. The van der Waals surface area contributed by atoms with Crippen LogP contribution in [0.1, 0.15) is 13.8 Å². The van der Waals surface area contributed by atoms with Gasteiger partial charge in [0, 0.05) is 6.54 Å². The van der Waals surface area contributed by atoms with Crippen molar-refractivity contribution < 1.29 is 0 Å². The Morgan fingerprint density at radius 3 is 2.33 bits per heavy atom. The second kappa shape index (κ2) is 5.78. The molecule has 0 aliphatic rings. The van der Waals surface area contributed by atoms with Crippen molar-refractivity contribution in [3.05, 3.63) is 36.0 Å². The highest BCUT2D eigenvalue weighted by molar-refractivity contribution is 5.30. The zero-order valence-electron chi connectivity index (χ0n) is 8.59. The molecule has 0 N–H and O–H groups in total. The molecule has 0 saturated carbocycles. The van der Waals surface area contributed by atoms with Crippen LogP contribution in [0.4, 0.5) is 0 Å².